The first-order valence-corrected chi connectivity index (χ1v) is 7.05. The van der Waals surface area contributed by atoms with Crippen LogP contribution in [0.4, 0.5) is 18.9 Å². The molecule has 0 heterocycles. The van der Waals surface area contributed by atoms with E-state index in [-0.39, 0.29) is 11.7 Å². The van der Waals surface area contributed by atoms with E-state index in [1.54, 1.807) is 0 Å². The van der Waals surface area contributed by atoms with E-state index < -0.39 is 17.5 Å². The molecule has 2 aromatic rings. The van der Waals surface area contributed by atoms with E-state index in [1.165, 1.54) is 5.56 Å². The van der Waals surface area contributed by atoms with Gasteiger partial charge in [-0.2, -0.15) is 0 Å². The summed E-state index contributed by atoms with van der Waals surface area (Å²) in [5.41, 5.74) is 1.85. The lowest BCUT2D eigenvalue weighted by Crippen LogP contribution is -2.12. The molecule has 2 rings (SSSR count). The van der Waals surface area contributed by atoms with Crippen molar-refractivity contribution in [1.29, 1.82) is 0 Å². The molecular formula is C17H18F3N. The zero-order valence-electron chi connectivity index (χ0n) is 12.1. The summed E-state index contributed by atoms with van der Waals surface area (Å²) in [5, 5.41) is 2.83. The van der Waals surface area contributed by atoms with Crippen LogP contribution in [-0.4, -0.2) is 0 Å². The van der Waals surface area contributed by atoms with Gasteiger partial charge in [-0.25, -0.2) is 13.2 Å². The molecule has 0 aliphatic rings. The molecule has 0 bridgehead atoms. The fourth-order valence-electron chi connectivity index (χ4n) is 2.26. The molecule has 1 atom stereocenters. The van der Waals surface area contributed by atoms with Gasteiger partial charge in [-0.1, -0.05) is 38.1 Å². The first kappa shape index (κ1) is 15.4. The molecule has 0 radical (unpaired) electrons. The molecule has 0 aromatic heterocycles. The van der Waals surface area contributed by atoms with Gasteiger partial charge in [-0.3, -0.25) is 0 Å². The topological polar surface area (TPSA) is 12.0 Å². The van der Waals surface area contributed by atoms with Crippen molar-refractivity contribution in [2.75, 3.05) is 5.32 Å². The summed E-state index contributed by atoms with van der Waals surface area (Å²) in [6.07, 6.45) is 1.59. The number of anilines is 1. The molecule has 0 saturated heterocycles. The van der Waals surface area contributed by atoms with Gasteiger partial charge in [-0.05, 0) is 24.0 Å². The number of hydrogen-bond donors (Lipinski definition) is 1. The van der Waals surface area contributed by atoms with Crippen LogP contribution in [-0.2, 0) is 6.42 Å². The fraction of sp³-hybridized carbons (Fsp3) is 0.294. The molecule has 0 aliphatic carbocycles. The Kier molecular flexibility index (Phi) is 4.89. The summed E-state index contributed by atoms with van der Waals surface area (Å²) in [6, 6.07) is 9.01. The van der Waals surface area contributed by atoms with E-state index in [1.807, 2.05) is 31.2 Å². The van der Waals surface area contributed by atoms with E-state index in [9.17, 15) is 13.2 Å². The Labute approximate surface area is 122 Å². The highest BCUT2D eigenvalue weighted by Gasteiger charge is 2.16. The smallest absolute Gasteiger partial charge is 0.152 e. The van der Waals surface area contributed by atoms with Crippen molar-refractivity contribution in [2.45, 2.75) is 32.7 Å². The molecule has 0 saturated carbocycles. The lowest BCUT2D eigenvalue weighted by Gasteiger charge is -2.20. The molecule has 112 valence electrons. The highest BCUT2D eigenvalue weighted by Crippen LogP contribution is 2.27. The third kappa shape index (κ3) is 3.57. The van der Waals surface area contributed by atoms with Crippen LogP contribution in [0, 0.1) is 17.5 Å². The molecule has 0 spiro atoms. The van der Waals surface area contributed by atoms with Crippen molar-refractivity contribution >= 4 is 5.69 Å². The maximum Gasteiger partial charge on any atom is 0.152 e. The summed E-state index contributed by atoms with van der Waals surface area (Å²) < 4.78 is 40.3. The van der Waals surface area contributed by atoms with Crippen LogP contribution in [0.5, 0.6) is 0 Å². The van der Waals surface area contributed by atoms with Crippen molar-refractivity contribution in [2.24, 2.45) is 0 Å². The van der Waals surface area contributed by atoms with Gasteiger partial charge in [0, 0.05) is 12.1 Å². The van der Waals surface area contributed by atoms with Crippen LogP contribution >= 0.6 is 0 Å². The minimum atomic E-state index is -0.920. The lowest BCUT2D eigenvalue weighted by atomic mass is 10.0. The minimum absolute atomic E-state index is 0.231. The molecule has 0 aliphatic heterocycles. The van der Waals surface area contributed by atoms with E-state index in [0.717, 1.165) is 12.0 Å². The predicted molar refractivity (Wildman–Crippen MR) is 78.8 cm³/mol. The molecule has 1 N–H and O–H groups in total. The molecule has 21 heavy (non-hydrogen) atoms. The van der Waals surface area contributed by atoms with Crippen LogP contribution in [0.25, 0.3) is 0 Å². The Morgan fingerprint density at radius 1 is 0.952 bits per heavy atom. The summed E-state index contributed by atoms with van der Waals surface area (Å²) in [6.45, 7) is 3.98. The molecule has 2 aromatic carbocycles. The second-order valence-corrected chi connectivity index (χ2v) is 4.94. The Morgan fingerprint density at radius 2 is 1.52 bits per heavy atom. The first-order chi connectivity index (χ1) is 10.0. The number of hydrogen-bond acceptors (Lipinski definition) is 1. The number of nitrogens with one attached hydrogen (secondary N) is 1. The number of rotatable bonds is 5. The third-order valence-electron chi connectivity index (χ3n) is 3.52. The van der Waals surface area contributed by atoms with Crippen LogP contribution < -0.4 is 5.32 Å². The maximum atomic E-state index is 13.7. The molecule has 0 amide bonds. The molecule has 0 fully saturated rings. The van der Waals surface area contributed by atoms with Crippen LogP contribution in [0.3, 0.4) is 0 Å². The summed E-state index contributed by atoms with van der Waals surface area (Å²) in [4.78, 5) is 0. The Balaban J connectivity index is 2.26. The van der Waals surface area contributed by atoms with Gasteiger partial charge >= 0.3 is 0 Å². The van der Waals surface area contributed by atoms with E-state index in [0.29, 0.717) is 18.6 Å². The van der Waals surface area contributed by atoms with Crippen LogP contribution in [0.2, 0.25) is 0 Å². The second kappa shape index (κ2) is 6.66. The standard InChI is InChI=1S/C17H18F3N/c1-3-11-5-7-12(8-6-11)16(4-2)21-17-14(19)9-13(18)10-15(17)20/h5-10,16,21H,3-4H2,1-2H3. The predicted octanol–water partition coefficient (Wildman–Crippen LogP) is 5.23. The molecule has 1 nitrogen and oxygen atoms in total. The number of benzene rings is 2. The zero-order chi connectivity index (χ0) is 15.4. The lowest BCUT2D eigenvalue weighted by molar-refractivity contribution is 0.543. The monoisotopic (exact) mass is 293 g/mol. The van der Waals surface area contributed by atoms with Crippen molar-refractivity contribution < 1.29 is 13.2 Å². The van der Waals surface area contributed by atoms with Gasteiger partial charge in [0.2, 0.25) is 0 Å². The second-order valence-electron chi connectivity index (χ2n) is 4.94. The van der Waals surface area contributed by atoms with Crippen molar-refractivity contribution in [3.63, 3.8) is 0 Å². The van der Waals surface area contributed by atoms with Crippen LogP contribution in [0.1, 0.15) is 37.4 Å². The van der Waals surface area contributed by atoms with Gasteiger partial charge in [0.15, 0.2) is 11.6 Å². The quantitative estimate of drug-likeness (QED) is 0.796. The SMILES string of the molecule is CCc1ccc(C(CC)Nc2c(F)cc(F)cc2F)cc1. The first-order valence-electron chi connectivity index (χ1n) is 7.05. The Bertz CT molecular complexity index is 585. The fourth-order valence-corrected chi connectivity index (χ4v) is 2.26. The van der Waals surface area contributed by atoms with Crippen molar-refractivity contribution in [1.82, 2.24) is 0 Å². The highest BCUT2D eigenvalue weighted by atomic mass is 19.1. The number of aryl methyl sites for hydroxylation is 1. The summed E-state index contributed by atoms with van der Waals surface area (Å²) in [5.74, 6) is -2.76. The van der Waals surface area contributed by atoms with Gasteiger partial charge in [0.1, 0.15) is 11.5 Å². The zero-order valence-corrected chi connectivity index (χ0v) is 12.1. The highest BCUT2D eigenvalue weighted by molar-refractivity contribution is 5.48. The third-order valence-corrected chi connectivity index (χ3v) is 3.52. The molecule has 1 unspecified atom stereocenters. The largest absolute Gasteiger partial charge is 0.373 e. The Morgan fingerprint density at radius 3 is 2.00 bits per heavy atom. The van der Waals surface area contributed by atoms with E-state index in [4.69, 9.17) is 0 Å². The van der Waals surface area contributed by atoms with E-state index in [2.05, 4.69) is 12.2 Å². The maximum absolute atomic E-state index is 13.7. The van der Waals surface area contributed by atoms with Gasteiger partial charge in [-0.15, -0.1) is 0 Å². The van der Waals surface area contributed by atoms with Gasteiger partial charge in [0.05, 0.1) is 6.04 Å². The van der Waals surface area contributed by atoms with Gasteiger partial charge < -0.3 is 5.32 Å². The number of halogens is 3. The minimum Gasteiger partial charge on any atom is -0.373 e. The molecule has 4 heteroatoms. The van der Waals surface area contributed by atoms with Crippen LogP contribution in [0.15, 0.2) is 36.4 Å². The van der Waals surface area contributed by atoms with Crippen molar-refractivity contribution in [3.05, 3.63) is 65.0 Å². The normalized spacial score (nSPS) is 12.2. The van der Waals surface area contributed by atoms with E-state index >= 15 is 0 Å². The van der Waals surface area contributed by atoms with Gasteiger partial charge in [0.25, 0.3) is 0 Å². The molecular weight excluding hydrogens is 275 g/mol. The average molecular weight is 293 g/mol. The summed E-state index contributed by atoms with van der Waals surface area (Å²) >= 11 is 0. The summed E-state index contributed by atoms with van der Waals surface area (Å²) in [7, 11) is 0. The Hall–Kier alpha value is -1.97. The average Bonchev–Trinajstić information content (AvgIpc) is 2.47. The van der Waals surface area contributed by atoms with Crippen molar-refractivity contribution in [3.8, 4) is 0 Å².